The van der Waals surface area contributed by atoms with Crippen molar-refractivity contribution in [3.8, 4) is 0 Å². The van der Waals surface area contributed by atoms with Gasteiger partial charge in [-0.05, 0) is 50.0 Å². The zero-order valence-electron chi connectivity index (χ0n) is 10.0. The van der Waals surface area contributed by atoms with Gasteiger partial charge in [-0.15, -0.1) is 0 Å². The van der Waals surface area contributed by atoms with Crippen LogP contribution in [0.1, 0.15) is 24.0 Å². The first kappa shape index (κ1) is 13.2. The molecule has 0 aliphatic carbocycles. The van der Waals surface area contributed by atoms with Gasteiger partial charge >= 0.3 is 6.18 Å². The molecule has 2 N–H and O–H groups in total. The first-order valence-electron chi connectivity index (χ1n) is 5.96. The molecule has 1 aliphatic rings. The van der Waals surface area contributed by atoms with E-state index in [1.165, 1.54) is 12.1 Å². The van der Waals surface area contributed by atoms with Crippen LogP contribution in [-0.2, 0) is 12.7 Å². The molecule has 99 valence electrons. The standard InChI is InChI=1S/C13H16F3N2/c14-13(15,16)12-8-11(17)5-4-10(12)9-18-6-2-1-3-7-18/h1,4-5,8H,2-3,6-7,9,17H2. The molecule has 1 radical (unpaired) electrons. The molecule has 1 fully saturated rings. The van der Waals surface area contributed by atoms with Crippen molar-refractivity contribution in [2.75, 3.05) is 18.8 Å². The molecule has 18 heavy (non-hydrogen) atoms. The maximum absolute atomic E-state index is 12.9. The third kappa shape index (κ3) is 3.16. The normalized spacial score (nSPS) is 17.9. The Morgan fingerprint density at radius 3 is 2.44 bits per heavy atom. The fraction of sp³-hybridized carbons (Fsp3) is 0.462. The van der Waals surface area contributed by atoms with E-state index >= 15 is 0 Å². The van der Waals surface area contributed by atoms with Crippen molar-refractivity contribution in [3.05, 3.63) is 35.7 Å². The molecule has 0 saturated carbocycles. The van der Waals surface area contributed by atoms with Crippen molar-refractivity contribution < 1.29 is 13.2 Å². The number of benzene rings is 1. The molecule has 0 atom stereocenters. The third-order valence-electron chi connectivity index (χ3n) is 3.13. The monoisotopic (exact) mass is 257 g/mol. The minimum Gasteiger partial charge on any atom is -0.399 e. The number of nitrogen functional groups attached to an aromatic ring is 1. The molecule has 1 saturated heterocycles. The summed E-state index contributed by atoms with van der Waals surface area (Å²) in [7, 11) is 0. The van der Waals surface area contributed by atoms with Gasteiger partial charge in [0.15, 0.2) is 0 Å². The fourth-order valence-electron chi connectivity index (χ4n) is 2.20. The molecule has 0 unspecified atom stereocenters. The first-order chi connectivity index (χ1) is 8.47. The largest absolute Gasteiger partial charge is 0.416 e. The third-order valence-corrected chi connectivity index (χ3v) is 3.13. The number of rotatable bonds is 2. The highest BCUT2D eigenvalue weighted by Gasteiger charge is 2.33. The number of piperidine rings is 1. The molecule has 1 aromatic rings. The second-order valence-corrected chi connectivity index (χ2v) is 4.56. The summed E-state index contributed by atoms with van der Waals surface area (Å²) in [5, 5.41) is 0. The van der Waals surface area contributed by atoms with Crippen LogP contribution in [0.5, 0.6) is 0 Å². The number of hydrogen-bond donors (Lipinski definition) is 1. The second kappa shape index (κ2) is 5.18. The van der Waals surface area contributed by atoms with E-state index in [0.29, 0.717) is 12.1 Å². The van der Waals surface area contributed by atoms with Gasteiger partial charge in [0.2, 0.25) is 0 Å². The Hall–Kier alpha value is -1.23. The topological polar surface area (TPSA) is 29.3 Å². The number of nitrogens with zero attached hydrogens (tertiary/aromatic N) is 1. The Morgan fingerprint density at radius 2 is 1.83 bits per heavy atom. The molecule has 2 nitrogen and oxygen atoms in total. The summed E-state index contributed by atoms with van der Waals surface area (Å²) < 4.78 is 38.7. The van der Waals surface area contributed by atoms with Gasteiger partial charge < -0.3 is 5.73 Å². The summed E-state index contributed by atoms with van der Waals surface area (Å²) in [5.74, 6) is 0. The van der Waals surface area contributed by atoms with Gasteiger partial charge in [0.25, 0.3) is 0 Å². The summed E-state index contributed by atoms with van der Waals surface area (Å²) in [6, 6.07) is 4.03. The van der Waals surface area contributed by atoms with Crippen LogP contribution in [0, 0.1) is 6.42 Å². The zero-order valence-corrected chi connectivity index (χ0v) is 10.0. The van der Waals surface area contributed by atoms with Gasteiger partial charge in [-0.1, -0.05) is 6.07 Å². The van der Waals surface area contributed by atoms with E-state index < -0.39 is 11.7 Å². The maximum atomic E-state index is 12.9. The molecule has 1 aliphatic heterocycles. The summed E-state index contributed by atoms with van der Waals surface area (Å²) in [4.78, 5) is 2.04. The van der Waals surface area contributed by atoms with Crippen LogP contribution in [0.15, 0.2) is 18.2 Å². The van der Waals surface area contributed by atoms with Crippen molar-refractivity contribution in [3.63, 3.8) is 0 Å². The average Bonchev–Trinajstić information content (AvgIpc) is 2.31. The Morgan fingerprint density at radius 1 is 1.17 bits per heavy atom. The minimum absolute atomic E-state index is 0.151. The van der Waals surface area contributed by atoms with Gasteiger partial charge in [-0.25, -0.2) is 0 Å². The molecule has 0 bridgehead atoms. The predicted molar refractivity (Wildman–Crippen MR) is 64.7 cm³/mol. The quantitative estimate of drug-likeness (QED) is 0.825. The lowest BCUT2D eigenvalue weighted by atomic mass is 10.0. The summed E-state index contributed by atoms with van der Waals surface area (Å²) >= 11 is 0. The molecule has 2 rings (SSSR count). The minimum atomic E-state index is -4.34. The Kier molecular flexibility index (Phi) is 3.80. The number of hydrogen-bond acceptors (Lipinski definition) is 2. The van der Waals surface area contributed by atoms with E-state index in [2.05, 4.69) is 6.42 Å². The van der Waals surface area contributed by atoms with E-state index in [4.69, 9.17) is 5.73 Å². The van der Waals surface area contributed by atoms with Gasteiger partial charge in [0.05, 0.1) is 5.56 Å². The smallest absolute Gasteiger partial charge is 0.399 e. The second-order valence-electron chi connectivity index (χ2n) is 4.56. The molecular formula is C13H16F3N2. The van der Waals surface area contributed by atoms with E-state index in [-0.39, 0.29) is 5.69 Å². The number of nitrogens with two attached hydrogens (primary N) is 1. The summed E-state index contributed by atoms with van der Waals surface area (Å²) in [5.41, 5.74) is 5.28. The van der Waals surface area contributed by atoms with Crippen LogP contribution in [0.2, 0.25) is 0 Å². The van der Waals surface area contributed by atoms with E-state index in [1.807, 2.05) is 4.90 Å². The lowest BCUT2D eigenvalue weighted by Crippen LogP contribution is -2.30. The molecule has 0 spiro atoms. The van der Waals surface area contributed by atoms with Crippen molar-refractivity contribution in [1.29, 1.82) is 0 Å². The Bertz CT molecular complexity index is 409. The zero-order chi connectivity index (χ0) is 13.2. The van der Waals surface area contributed by atoms with Crippen LogP contribution < -0.4 is 5.73 Å². The summed E-state index contributed by atoms with van der Waals surface area (Å²) in [6.45, 7) is 1.98. The Balaban J connectivity index is 2.21. The van der Waals surface area contributed by atoms with E-state index in [0.717, 1.165) is 32.0 Å². The van der Waals surface area contributed by atoms with Crippen molar-refractivity contribution in [2.45, 2.75) is 25.6 Å². The van der Waals surface area contributed by atoms with Crippen molar-refractivity contribution in [2.24, 2.45) is 0 Å². The van der Waals surface area contributed by atoms with Gasteiger partial charge in [0, 0.05) is 12.2 Å². The van der Waals surface area contributed by atoms with E-state index in [9.17, 15) is 13.2 Å². The molecular weight excluding hydrogens is 241 g/mol. The van der Waals surface area contributed by atoms with Gasteiger partial charge in [-0.3, -0.25) is 4.90 Å². The molecule has 0 aromatic heterocycles. The maximum Gasteiger partial charge on any atom is 0.416 e. The number of alkyl halides is 3. The van der Waals surface area contributed by atoms with Crippen molar-refractivity contribution >= 4 is 5.69 Å². The molecule has 5 heteroatoms. The highest BCUT2D eigenvalue weighted by Crippen LogP contribution is 2.34. The molecule has 1 aromatic carbocycles. The predicted octanol–water partition coefficient (Wildman–Crippen LogP) is 3.09. The molecule has 1 heterocycles. The van der Waals surface area contributed by atoms with Crippen LogP contribution in [-0.4, -0.2) is 18.0 Å². The lowest BCUT2D eigenvalue weighted by Gasteiger charge is -2.27. The molecule has 0 amide bonds. The number of anilines is 1. The van der Waals surface area contributed by atoms with Crippen LogP contribution in [0.4, 0.5) is 18.9 Å². The van der Waals surface area contributed by atoms with Crippen LogP contribution in [0.3, 0.4) is 0 Å². The highest BCUT2D eigenvalue weighted by molar-refractivity contribution is 5.46. The van der Waals surface area contributed by atoms with Gasteiger partial charge in [-0.2, -0.15) is 13.2 Å². The lowest BCUT2D eigenvalue weighted by molar-refractivity contribution is -0.138. The highest BCUT2D eigenvalue weighted by atomic mass is 19.4. The SMILES string of the molecule is Nc1ccc(CN2CC[CH]CC2)c(C(F)(F)F)c1. The first-order valence-corrected chi connectivity index (χ1v) is 5.96. The fourth-order valence-corrected chi connectivity index (χ4v) is 2.20. The Labute approximate surface area is 105 Å². The van der Waals surface area contributed by atoms with Gasteiger partial charge in [0.1, 0.15) is 0 Å². The number of likely N-dealkylation sites (tertiary alicyclic amines) is 1. The van der Waals surface area contributed by atoms with E-state index in [1.54, 1.807) is 0 Å². The van der Waals surface area contributed by atoms with Crippen molar-refractivity contribution in [1.82, 2.24) is 4.90 Å². The summed E-state index contributed by atoms with van der Waals surface area (Å²) in [6.07, 6.45) is -0.288. The average molecular weight is 257 g/mol. The van der Waals surface area contributed by atoms with Crippen LogP contribution in [0.25, 0.3) is 0 Å². The van der Waals surface area contributed by atoms with Crippen LogP contribution >= 0.6 is 0 Å². The number of halogens is 3.